The quantitative estimate of drug-likeness (QED) is 0.916. The summed E-state index contributed by atoms with van der Waals surface area (Å²) in [5.74, 6) is 0. The molecular formula is C15H17NO2S. The molecule has 0 heterocycles. The van der Waals surface area contributed by atoms with Gasteiger partial charge in [-0.25, -0.2) is 13.6 Å². The van der Waals surface area contributed by atoms with Crippen molar-refractivity contribution in [2.45, 2.75) is 25.7 Å². The Balaban J connectivity index is 2.85. The Hall–Kier alpha value is -1.65. The van der Waals surface area contributed by atoms with E-state index in [1.165, 1.54) is 0 Å². The molecule has 0 unspecified atom stereocenters. The van der Waals surface area contributed by atoms with Crippen LogP contribution in [0.1, 0.15) is 16.7 Å². The van der Waals surface area contributed by atoms with Gasteiger partial charge in [0, 0.05) is 0 Å². The highest BCUT2D eigenvalue weighted by molar-refractivity contribution is 7.89. The molecule has 2 N–H and O–H groups in total. The fourth-order valence-corrected chi connectivity index (χ4v) is 3.22. The summed E-state index contributed by atoms with van der Waals surface area (Å²) in [7, 11) is -3.70. The van der Waals surface area contributed by atoms with Gasteiger partial charge >= 0.3 is 0 Å². The van der Waals surface area contributed by atoms with E-state index in [9.17, 15) is 8.42 Å². The fraction of sp³-hybridized carbons (Fsp3) is 0.200. The van der Waals surface area contributed by atoms with Crippen molar-refractivity contribution in [3.63, 3.8) is 0 Å². The zero-order chi connectivity index (χ0) is 14.2. The second-order valence-electron chi connectivity index (χ2n) is 4.73. The summed E-state index contributed by atoms with van der Waals surface area (Å²) in [6, 6.07) is 11.4. The van der Waals surface area contributed by atoms with E-state index in [0.717, 1.165) is 22.3 Å². The molecule has 3 nitrogen and oxygen atoms in total. The van der Waals surface area contributed by atoms with E-state index in [4.69, 9.17) is 5.14 Å². The number of hydrogen-bond donors (Lipinski definition) is 1. The number of hydrogen-bond acceptors (Lipinski definition) is 2. The molecule has 0 saturated carbocycles. The van der Waals surface area contributed by atoms with Crippen LogP contribution in [-0.4, -0.2) is 8.42 Å². The van der Waals surface area contributed by atoms with E-state index in [1.807, 2.05) is 44.2 Å². The SMILES string of the molecule is Cc1cc(S(N)(=O)=O)c(C)c(-c2ccccc2)c1C. The van der Waals surface area contributed by atoms with E-state index in [2.05, 4.69) is 0 Å². The van der Waals surface area contributed by atoms with Crippen LogP contribution in [0.3, 0.4) is 0 Å². The first-order valence-corrected chi connectivity index (χ1v) is 7.56. The Bertz CT molecular complexity index is 720. The van der Waals surface area contributed by atoms with Crippen LogP contribution >= 0.6 is 0 Å². The highest BCUT2D eigenvalue weighted by Crippen LogP contribution is 2.33. The van der Waals surface area contributed by atoms with Gasteiger partial charge in [0.15, 0.2) is 0 Å². The minimum atomic E-state index is -3.70. The normalized spacial score (nSPS) is 11.6. The van der Waals surface area contributed by atoms with Gasteiger partial charge in [-0.2, -0.15) is 0 Å². The fourth-order valence-electron chi connectivity index (χ4n) is 2.35. The Morgan fingerprint density at radius 1 is 0.947 bits per heavy atom. The van der Waals surface area contributed by atoms with Crippen LogP contribution in [-0.2, 0) is 10.0 Å². The third-order valence-corrected chi connectivity index (χ3v) is 4.46. The van der Waals surface area contributed by atoms with Gasteiger partial charge in [0.05, 0.1) is 4.90 Å². The maximum Gasteiger partial charge on any atom is 0.238 e. The Morgan fingerprint density at radius 3 is 2.05 bits per heavy atom. The molecule has 0 spiro atoms. The average Bonchev–Trinajstić information content (AvgIpc) is 2.34. The lowest BCUT2D eigenvalue weighted by atomic mass is 9.93. The van der Waals surface area contributed by atoms with Gasteiger partial charge in [0.25, 0.3) is 0 Å². The Kier molecular flexibility index (Phi) is 3.47. The first-order chi connectivity index (χ1) is 8.82. The topological polar surface area (TPSA) is 60.2 Å². The molecule has 0 atom stereocenters. The molecule has 2 rings (SSSR count). The van der Waals surface area contributed by atoms with Gasteiger partial charge in [-0.05, 0) is 54.7 Å². The summed E-state index contributed by atoms with van der Waals surface area (Å²) >= 11 is 0. The Morgan fingerprint density at radius 2 is 1.53 bits per heavy atom. The number of sulfonamides is 1. The first kappa shape index (κ1) is 13.8. The molecule has 0 saturated heterocycles. The summed E-state index contributed by atoms with van der Waals surface area (Å²) in [5.41, 5.74) is 4.66. The summed E-state index contributed by atoms with van der Waals surface area (Å²) < 4.78 is 23.4. The van der Waals surface area contributed by atoms with Crippen LogP contribution in [0.15, 0.2) is 41.3 Å². The van der Waals surface area contributed by atoms with Gasteiger partial charge in [-0.15, -0.1) is 0 Å². The lowest BCUT2D eigenvalue weighted by Crippen LogP contribution is -2.15. The maximum atomic E-state index is 11.7. The third kappa shape index (κ3) is 2.55. The van der Waals surface area contributed by atoms with Crippen LogP contribution in [0, 0.1) is 20.8 Å². The largest absolute Gasteiger partial charge is 0.238 e. The highest BCUT2D eigenvalue weighted by Gasteiger charge is 2.18. The van der Waals surface area contributed by atoms with Crippen LogP contribution in [0.25, 0.3) is 11.1 Å². The average molecular weight is 275 g/mol. The van der Waals surface area contributed by atoms with Crippen LogP contribution in [0.2, 0.25) is 0 Å². The maximum absolute atomic E-state index is 11.7. The van der Waals surface area contributed by atoms with Gasteiger partial charge in [-0.3, -0.25) is 0 Å². The first-order valence-electron chi connectivity index (χ1n) is 6.01. The van der Waals surface area contributed by atoms with E-state index in [1.54, 1.807) is 13.0 Å². The van der Waals surface area contributed by atoms with E-state index in [-0.39, 0.29) is 4.90 Å². The van der Waals surface area contributed by atoms with Crippen LogP contribution < -0.4 is 5.14 Å². The zero-order valence-corrected chi connectivity index (χ0v) is 12.1. The second kappa shape index (κ2) is 4.79. The van der Waals surface area contributed by atoms with E-state index in [0.29, 0.717) is 5.56 Å². The molecular weight excluding hydrogens is 258 g/mol. The van der Waals surface area contributed by atoms with E-state index < -0.39 is 10.0 Å². The number of rotatable bonds is 2. The van der Waals surface area contributed by atoms with E-state index >= 15 is 0 Å². The Labute approximate surface area is 114 Å². The predicted molar refractivity (Wildman–Crippen MR) is 77.5 cm³/mol. The van der Waals surface area contributed by atoms with Crippen molar-refractivity contribution >= 4 is 10.0 Å². The van der Waals surface area contributed by atoms with Gasteiger partial charge in [0.2, 0.25) is 10.0 Å². The van der Waals surface area contributed by atoms with Crippen molar-refractivity contribution in [1.82, 2.24) is 0 Å². The third-order valence-electron chi connectivity index (χ3n) is 3.43. The molecule has 0 aliphatic rings. The van der Waals surface area contributed by atoms with Gasteiger partial charge < -0.3 is 0 Å². The molecule has 0 radical (unpaired) electrons. The lowest BCUT2D eigenvalue weighted by Gasteiger charge is -2.16. The number of primary sulfonamides is 1. The summed E-state index contributed by atoms with van der Waals surface area (Å²) in [4.78, 5) is 0.203. The van der Waals surface area contributed by atoms with Crippen LogP contribution in [0.5, 0.6) is 0 Å². The molecule has 0 fully saturated rings. The smallest absolute Gasteiger partial charge is 0.225 e. The predicted octanol–water partition coefficient (Wildman–Crippen LogP) is 2.93. The number of benzene rings is 2. The van der Waals surface area contributed by atoms with Gasteiger partial charge in [0.1, 0.15) is 0 Å². The summed E-state index contributed by atoms with van der Waals surface area (Å²) in [6.07, 6.45) is 0. The van der Waals surface area contributed by atoms with Crippen molar-refractivity contribution < 1.29 is 8.42 Å². The summed E-state index contributed by atoms with van der Waals surface area (Å²) in [6.45, 7) is 5.70. The molecule has 0 aliphatic heterocycles. The molecule has 2 aromatic carbocycles. The molecule has 4 heteroatoms. The molecule has 2 aromatic rings. The standard InChI is InChI=1S/C15H17NO2S/c1-10-9-14(19(16,17)18)12(3)15(11(10)2)13-7-5-4-6-8-13/h4-9H,1-3H3,(H2,16,17,18). The minimum Gasteiger partial charge on any atom is -0.225 e. The van der Waals surface area contributed by atoms with Crippen molar-refractivity contribution in [2.24, 2.45) is 5.14 Å². The number of nitrogens with two attached hydrogens (primary N) is 1. The highest BCUT2D eigenvalue weighted by atomic mass is 32.2. The molecule has 0 aromatic heterocycles. The molecule has 0 aliphatic carbocycles. The molecule has 0 bridgehead atoms. The molecule has 100 valence electrons. The van der Waals surface area contributed by atoms with Crippen LogP contribution in [0.4, 0.5) is 0 Å². The van der Waals surface area contributed by atoms with Gasteiger partial charge in [-0.1, -0.05) is 30.3 Å². The molecule has 19 heavy (non-hydrogen) atoms. The van der Waals surface area contributed by atoms with Crippen molar-refractivity contribution in [3.05, 3.63) is 53.1 Å². The monoisotopic (exact) mass is 275 g/mol. The zero-order valence-electron chi connectivity index (χ0n) is 11.3. The summed E-state index contributed by atoms with van der Waals surface area (Å²) in [5, 5.41) is 5.30. The number of aryl methyl sites for hydroxylation is 1. The second-order valence-corrected chi connectivity index (χ2v) is 6.26. The minimum absolute atomic E-state index is 0.203. The van der Waals surface area contributed by atoms with Crippen molar-refractivity contribution in [3.8, 4) is 11.1 Å². The molecule has 0 amide bonds. The van der Waals surface area contributed by atoms with Crippen molar-refractivity contribution in [2.75, 3.05) is 0 Å². The lowest BCUT2D eigenvalue weighted by molar-refractivity contribution is 0.597. The van der Waals surface area contributed by atoms with Crippen molar-refractivity contribution in [1.29, 1.82) is 0 Å².